The highest BCUT2D eigenvalue weighted by Gasteiger charge is 2.16. The average Bonchev–Trinajstić information content (AvgIpc) is 2.38. The minimum atomic E-state index is 0.101. The Hall–Kier alpha value is -1.22. The maximum atomic E-state index is 9.91. The standard InChI is InChI=1S/C15H25NO2/c1-6-10(2)11(3)16-12(4)14-9-13(18-5)7-8-15(14)17/h7-12,16-17H,6H2,1-5H3. The van der Waals surface area contributed by atoms with Gasteiger partial charge in [0, 0.05) is 17.6 Å². The van der Waals surface area contributed by atoms with Crippen molar-refractivity contribution >= 4 is 0 Å². The molecule has 0 saturated heterocycles. The van der Waals surface area contributed by atoms with Crippen molar-refractivity contribution in [3.05, 3.63) is 23.8 Å². The zero-order valence-electron chi connectivity index (χ0n) is 12.0. The molecule has 3 unspecified atom stereocenters. The van der Waals surface area contributed by atoms with Crippen molar-refractivity contribution < 1.29 is 9.84 Å². The lowest BCUT2D eigenvalue weighted by Crippen LogP contribution is -2.34. The molecule has 0 aliphatic heterocycles. The largest absolute Gasteiger partial charge is 0.508 e. The SMILES string of the molecule is CCC(C)C(C)NC(C)c1cc(OC)ccc1O. The van der Waals surface area contributed by atoms with Gasteiger partial charge in [0.15, 0.2) is 0 Å². The zero-order chi connectivity index (χ0) is 13.7. The summed E-state index contributed by atoms with van der Waals surface area (Å²) in [5.41, 5.74) is 0.879. The van der Waals surface area contributed by atoms with Crippen molar-refractivity contribution in [1.29, 1.82) is 0 Å². The van der Waals surface area contributed by atoms with E-state index in [-0.39, 0.29) is 6.04 Å². The summed E-state index contributed by atoms with van der Waals surface area (Å²) in [5.74, 6) is 1.69. The summed E-state index contributed by atoms with van der Waals surface area (Å²) >= 11 is 0. The fraction of sp³-hybridized carbons (Fsp3) is 0.600. The summed E-state index contributed by atoms with van der Waals surface area (Å²) in [7, 11) is 1.63. The van der Waals surface area contributed by atoms with E-state index in [1.807, 2.05) is 6.07 Å². The Morgan fingerprint density at radius 3 is 2.50 bits per heavy atom. The molecule has 1 aromatic carbocycles. The Labute approximate surface area is 110 Å². The molecular formula is C15H25NO2. The van der Waals surface area contributed by atoms with Gasteiger partial charge in [-0.05, 0) is 38.0 Å². The third-order valence-electron chi connectivity index (χ3n) is 3.71. The number of rotatable bonds is 6. The molecule has 0 heterocycles. The lowest BCUT2D eigenvalue weighted by Gasteiger charge is -2.25. The zero-order valence-corrected chi connectivity index (χ0v) is 12.0. The van der Waals surface area contributed by atoms with Crippen LogP contribution in [0, 0.1) is 5.92 Å². The van der Waals surface area contributed by atoms with Gasteiger partial charge in [-0.15, -0.1) is 0 Å². The van der Waals surface area contributed by atoms with Crippen molar-refractivity contribution in [2.24, 2.45) is 5.92 Å². The van der Waals surface area contributed by atoms with Gasteiger partial charge in [-0.1, -0.05) is 20.3 Å². The van der Waals surface area contributed by atoms with Gasteiger partial charge in [-0.25, -0.2) is 0 Å². The molecule has 102 valence electrons. The van der Waals surface area contributed by atoms with Gasteiger partial charge in [0.1, 0.15) is 11.5 Å². The molecule has 18 heavy (non-hydrogen) atoms. The van der Waals surface area contributed by atoms with E-state index in [0.29, 0.717) is 17.7 Å². The van der Waals surface area contributed by atoms with Crippen molar-refractivity contribution in [3.8, 4) is 11.5 Å². The quantitative estimate of drug-likeness (QED) is 0.813. The molecule has 0 saturated carbocycles. The predicted octanol–water partition coefficient (Wildman–Crippen LogP) is 3.49. The number of aromatic hydroxyl groups is 1. The Morgan fingerprint density at radius 2 is 1.94 bits per heavy atom. The fourth-order valence-corrected chi connectivity index (χ4v) is 2.01. The summed E-state index contributed by atoms with van der Waals surface area (Å²) in [6, 6.07) is 5.85. The van der Waals surface area contributed by atoms with Crippen LogP contribution in [0.15, 0.2) is 18.2 Å². The smallest absolute Gasteiger partial charge is 0.120 e. The first-order valence-electron chi connectivity index (χ1n) is 6.62. The average molecular weight is 251 g/mol. The second kappa shape index (κ2) is 6.64. The maximum absolute atomic E-state index is 9.91. The molecule has 1 aromatic rings. The van der Waals surface area contributed by atoms with Crippen LogP contribution < -0.4 is 10.1 Å². The molecular weight excluding hydrogens is 226 g/mol. The van der Waals surface area contributed by atoms with Gasteiger partial charge >= 0.3 is 0 Å². The van der Waals surface area contributed by atoms with E-state index in [2.05, 4.69) is 33.0 Å². The number of hydrogen-bond donors (Lipinski definition) is 2. The first-order valence-corrected chi connectivity index (χ1v) is 6.62. The van der Waals surface area contributed by atoms with Crippen LogP contribution in [0.3, 0.4) is 0 Å². The van der Waals surface area contributed by atoms with E-state index in [1.54, 1.807) is 19.2 Å². The fourth-order valence-electron chi connectivity index (χ4n) is 2.01. The minimum absolute atomic E-state index is 0.101. The van der Waals surface area contributed by atoms with Gasteiger partial charge in [0.25, 0.3) is 0 Å². The first-order chi connectivity index (χ1) is 8.49. The van der Waals surface area contributed by atoms with Gasteiger partial charge < -0.3 is 15.2 Å². The minimum Gasteiger partial charge on any atom is -0.508 e. The van der Waals surface area contributed by atoms with Gasteiger partial charge in [-0.2, -0.15) is 0 Å². The molecule has 3 nitrogen and oxygen atoms in total. The molecule has 2 N–H and O–H groups in total. The molecule has 0 bridgehead atoms. The van der Waals surface area contributed by atoms with E-state index in [4.69, 9.17) is 4.74 Å². The van der Waals surface area contributed by atoms with Crippen LogP contribution >= 0.6 is 0 Å². The van der Waals surface area contributed by atoms with Gasteiger partial charge in [0.2, 0.25) is 0 Å². The number of nitrogens with one attached hydrogen (secondary N) is 1. The first kappa shape index (κ1) is 14.8. The summed E-state index contributed by atoms with van der Waals surface area (Å²) < 4.78 is 5.19. The van der Waals surface area contributed by atoms with Crippen molar-refractivity contribution in [3.63, 3.8) is 0 Å². The molecule has 1 rings (SSSR count). The number of phenolic OH excluding ortho intramolecular Hbond substituents is 1. The number of phenols is 1. The predicted molar refractivity (Wildman–Crippen MR) is 75.1 cm³/mol. The van der Waals surface area contributed by atoms with Crippen LogP contribution in [0.25, 0.3) is 0 Å². The number of hydrogen-bond acceptors (Lipinski definition) is 3. The lowest BCUT2D eigenvalue weighted by molar-refractivity contribution is 0.352. The Morgan fingerprint density at radius 1 is 1.28 bits per heavy atom. The molecule has 0 aliphatic rings. The molecule has 0 spiro atoms. The highest BCUT2D eigenvalue weighted by molar-refractivity contribution is 5.41. The molecule has 3 heteroatoms. The Bertz CT molecular complexity index is 379. The van der Waals surface area contributed by atoms with E-state index >= 15 is 0 Å². The van der Waals surface area contributed by atoms with Crippen LogP contribution in [0.4, 0.5) is 0 Å². The van der Waals surface area contributed by atoms with Crippen molar-refractivity contribution in [2.75, 3.05) is 7.11 Å². The summed E-state index contributed by atoms with van der Waals surface area (Å²) in [6.07, 6.45) is 1.14. The molecule has 0 aliphatic carbocycles. The normalized spacial score (nSPS) is 16.1. The molecule has 3 atom stereocenters. The maximum Gasteiger partial charge on any atom is 0.120 e. The van der Waals surface area contributed by atoms with Gasteiger partial charge in [-0.3, -0.25) is 0 Å². The Kier molecular flexibility index (Phi) is 5.48. The van der Waals surface area contributed by atoms with E-state index in [9.17, 15) is 5.11 Å². The van der Waals surface area contributed by atoms with E-state index in [1.165, 1.54) is 0 Å². The van der Waals surface area contributed by atoms with Crippen LogP contribution in [0.1, 0.15) is 45.7 Å². The highest BCUT2D eigenvalue weighted by atomic mass is 16.5. The second-order valence-electron chi connectivity index (χ2n) is 4.99. The number of ether oxygens (including phenoxy) is 1. The van der Waals surface area contributed by atoms with Crippen LogP contribution in [-0.2, 0) is 0 Å². The van der Waals surface area contributed by atoms with Crippen LogP contribution in [0.2, 0.25) is 0 Å². The summed E-state index contributed by atoms with van der Waals surface area (Å²) in [5, 5.41) is 13.4. The number of methoxy groups -OCH3 is 1. The summed E-state index contributed by atoms with van der Waals surface area (Å²) in [4.78, 5) is 0. The highest BCUT2D eigenvalue weighted by Crippen LogP contribution is 2.29. The van der Waals surface area contributed by atoms with Gasteiger partial charge in [0.05, 0.1) is 7.11 Å². The van der Waals surface area contributed by atoms with E-state index < -0.39 is 0 Å². The molecule has 0 amide bonds. The summed E-state index contributed by atoms with van der Waals surface area (Å²) in [6.45, 7) is 8.67. The van der Waals surface area contributed by atoms with Crippen molar-refractivity contribution in [2.45, 2.75) is 46.2 Å². The molecule has 0 fully saturated rings. The molecule has 0 aromatic heterocycles. The second-order valence-corrected chi connectivity index (χ2v) is 4.99. The monoisotopic (exact) mass is 251 g/mol. The van der Waals surface area contributed by atoms with Crippen LogP contribution in [-0.4, -0.2) is 18.3 Å². The lowest BCUT2D eigenvalue weighted by atomic mass is 9.98. The molecule has 0 radical (unpaired) electrons. The number of benzene rings is 1. The third kappa shape index (κ3) is 3.64. The third-order valence-corrected chi connectivity index (χ3v) is 3.71. The van der Waals surface area contributed by atoms with E-state index in [0.717, 1.165) is 17.7 Å². The Balaban J connectivity index is 2.80. The topological polar surface area (TPSA) is 41.5 Å². The van der Waals surface area contributed by atoms with Crippen LogP contribution in [0.5, 0.6) is 11.5 Å². The van der Waals surface area contributed by atoms with Crippen molar-refractivity contribution in [1.82, 2.24) is 5.32 Å².